The topological polar surface area (TPSA) is 0 Å². The molecule has 0 radical (unpaired) electrons. The Morgan fingerprint density at radius 3 is 1.21 bits per heavy atom. The van der Waals surface area contributed by atoms with Crippen molar-refractivity contribution in [2.75, 3.05) is 0 Å². The first-order valence-electron chi connectivity index (χ1n) is 19.0. The molecule has 2 aromatic heterocycles. The zero-order valence-corrected chi connectivity index (χ0v) is 38.3. The van der Waals surface area contributed by atoms with Crippen molar-refractivity contribution in [3.8, 4) is 32.0 Å². The summed E-state index contributed by atoms with van der Waals surface area (Å²) in [4.78, 5) is 18.2. The molecule has 0 N–H and O–H groups in total. The second-order valence-electron chi connectivity index (χ2n) is 16.5. The fraction of sp³-hybridized carbons (Fsp3) is 0.535. The van der Waals surface area contributed by atoms with Crippen molar-refractivity contribution in [1.82, 2.24) is 0 Å². The third kappa shape index (κ3) is 9.03. The molecule has 47 heavy (non-hydrogen) atoms. The van der Waals surface area contributed by atoms with Gasteiger partial charge >= 0.3 is 268 Å². The van der Waals surface area contributed by atoms with Crippen LogP contribution in [0, 0.1) is 0 Å². The van der Waals surface area contributed by atoms with Crippen LogP contribution < -0.4 is 5.79 Å². The maximum atomic E-state index is 2.66. The molecule has 2 heterocycles. The Balaban J connectivity index is 1.58. The number of unbranched alkanes of at least 4 members (excludes halogenated alkanes) is 10. The van der Waals surface area contributed by atoms with Gasteiger partial charge in [-0.15, -0.1) is 0 Å². The van der Waals surface area contributed by atoms with Gasteiger partial charge in [0, 0.05) is 0 Å². The fourth-order valence-corrected chi connectivity index (χ4v) is 20.2. The average molecular weight is 881 g/mol. The molecular formula is C43H62S2Sn2. The van der Waals surface area contributed by atoms with Crippen molar-refractivity contribution in [2.24, 2.45) is 0 Å². The first kappa shape index (κ1) is 37.7. The van der Waals surface area contributed by atoms with Crippen molar-refractivity contribution in [1.29, 1.82) is 0 Å². The fourth-order valence-electron chi connectivity index (χ4n) is 7.67. The van der Waals surface area contributed by atoms with Crippen LogP contribution in [-0.2, 0) is 5.41 Å². The van der Waals surface area contributed by atoms with Gasteiger partial charge in [0.1, 0.15) is 0 Å². The minimum atomic E-state index is -2.11. The summed E-state index contributed by atoms with van der Waals surface area (Å²) in [5.74, 6) is 0. The molecule has 0 unspecified atom stereocenters. The van der Waals surface area contributed by atoms with Crippen LogP contribution in [0.3, 0.4) is 0 Å². The van der Waals surface area contributed by atoms with E-state index in [2.05, 4.69) is 127 Å². The van der Waals surface area contributed by atoms with E-state index in [1.165, 1.54) is 122 Å². The molecular weight excluding hydrogens is 818 g/mol. The third-order valence-electron chi connectivity index (χ3n) is 10.5. The van der Waals surface area contributed by atoms with Gasteiger partial charge in [0.15, 0.2) is 0 Å². The zero-order valence-electron chi connectivity index (χ0n) is 31.0. The van der Waals surface area contributed by atoms with Crippen molar-refractivity contribution < 1.29 is 0 Å². The van der Waals surface area contributed by atoms with Gasteiger partial charge in [-0.1, -0.05) is 39.5 Å². The summed E-state index contributed by atoms with van der Waals surface area (Å²) in [7, 11) is 0. The molecule has 1 aliphatic carbocycles. The summed E-state index contributed by atoms with van der Waals surface area (Å²) < 4.78 is 3.37. The molecule has 1 aliphatic rings. The third-order valence-corrected chi connectivity index (χ3v) is 31.8. The monoisotopic (exact) mass is 882 g/mol. The number of fused-ring (bicyclic) bond motifs is 3. The molecule has 0 saturated carbocycles. The number of hydrogen-bond acceptors (Lipinski definition) is 2. The standard InChI is InChI=1S/C37H44S2.6CH3.2Sn/c1-3-5-7-9-11-13-23-37(24-14-12-10-8-6-4-2)33-27-29(35-17-15-25-38-35)19-21-31(33)32-22-20-30(28-34(32)37)36-18-16-26-39-36;;;;;;;;/h15-22,27-28H,3-14,23-24H2,1-2H3;6*1H3;;. The van der Waals surface area contributed by atoms with E-state index in [1.807, 2.05) is 0 Å². The van der Waals surface area contributed by atoms with E-state index >= 15 is 0 Å². The second-order valence-corrected chi connectivity index (χ2v) is 49.5. The van der Waals surface area contributed by atoms with Crippen LogP contribution in [0.15, 0.2) is 60.7 Å². The second kappa shape index (κ2) is 16.6. The summed E-state index contributed by atoms with van der Waals surface area (Å²) in [5.41, 5.74) is 9.29. The summed E-state index contributed by atoms with van der Waals surface area (Å²) in [5, 5.41) is 0. The van der Waals surface area contributed by atoms with Crippen molar-refractivity contribution >= 4 is 65.2 Å². The first-order valence-corrected chi connectivity index (χ1v) is 40.6. The Morgan fingerprint density at radius 2 is 0.851 bits per heavy atom. The Kier molecular flexibility index (Phi) is 13.3. The van der Waals surface area contributed by atoms with Crippen molar-refractivity contribution in [3.63, 3.8) is 0 Å². The zero-order chi connectivity index (χ0) is 33.7. The predicted octanol–water partition coefficient (Wildman–Crippen LogP) is 14.0. The number of hydrogen-bond donors (Lipinski definition) is 0. The van der Waals surface area contributed by atoms with E-state index in [0.29, 0.717) is 0 Å². The van der Waals surface area contributed by atoms with E-state index in [-0.39, 0.29) is 5.41 Å². The minimum absolute atomic E-state index is 0.110. The van der Waals surface area contributed by atoms with Crippen LogP contribution >= 0.6 is 22.7 Å². The van der Waals surface area contributed by atoms with Gasteiger partial charge in [-0.2, -0.15) is 0 Å². The molecule has 4 heteroatoms. The van der Waals surface area contributed by atoms with Gasteiger partial charge in [-0.25, -0.2) is 0 Å². The van der Waals surface area contributed by atoms with Gasteiger partial charge in [0.25, 0.3) is 0 Å². The van der Waals surface area contributed by atoms with Gasteiger partial charge < -0.3 is 0 Å². The molecule has 0 bridgehead atoms. The van der Waals surface area contributed by atoms with Crippen LogP contribution in [0.25, 0.3) is 32.0 Å². The predicted molar refractivity (Wildman–Crippen MR) is 221 cm³/mol. The van der Waals surface area contributed by atoms with Gasteiger partial charge in [0.05, 0.1) is 0 Å². The first-order chi connectivity index (χ1) is 22.5. The van der Waals surface area contributed by atoms with E-state index in [0.717, 1.165) is 0 Å². The van der Waals surface area contributed by atoms with Gasteiger partial charge in [-0.3, -0.25) is 0 Å². The summed E-state index contributed by atoms with van der Waals surface area (Å²) in [6, 6.07) is 25.0. The van der Waals surface area contributed by atoms with E-state index in [4.69, 9.17) is 0 Å². The van der Waals surface area contributed by atoms with Crippen LogP contribution in [0.5, 0.6) is 0 Å². The molecule has 0 fully saturated rings. The Morgan fingerprint density at radius 1 is 0.468 bits per heavy atom. The molecule has 0 nitrogen and oxygen atoms in total. The molecule has 4 aromatic rings. The van der Waals surface area contributed by atoms with Crippen molar-refractivity contribution in [2.45, 2.75) is 139 Å². The maximum absolute atomic E-state index is 2.66. The van der Waals surface area contributed by atoms with E-state index < -0.39 is 36.8 Å². The summed E-state index contributed by atoms with van der Waals surface area (Å²) >= 11 is -0.0576. The quantitative estimate of drug-likeness (QED) is 0.0690. The van der Waals surface area contributed by atoms with Crippen LogP contribution in [0.2, 0.25) is 29.6 Å². The Labute approximate surface area is 305 Å². The molecule has 5 rings (SSSR count). The van der Waals surface area contributed by atoms with Gasteiger partial charge in [-0.05, 0) is 0 Å². The van der Waals surface area contributed by atoms with E-state index in [1.54, 1.807) is 16.9 Å². The molecule has 0 spiro atoms. The van der Waals surface area contributed by atoms with E-state index in [9.17, 15) is 0 Å². The number of thiophene rings is 2. The molecule has 2 aromatic carbocycles. The molecule has 0 atom stereocenters. The van der Waals surface area contributed by atoms with Crippen LogP contribution in [0.1, 0.15) is 115 Å². The molecule has 0 amide bonds. The SMILES string of the molecule is CCCCCCCCC1(CCCCCCCC)c2cc(-c3cc[c]([Sn]([CH3])([CH3])[CH3])s3)ccc2-c2ccc(-c3cc[c]([Sn]([CH3])([CH3])[CH3])s3)cc21. The summed E-state index contributed by atoms with van der Waals surface area (Å²) in [6.45, 7) is 4.67. The van der Waals surface area contributed by atoms with Crippen LogP contribution in [-0.4, -0.2) is 36.8 Å². The Hall–Kier alpha value is -0.563. The number of benzene rings is 2. The van der Waals surface area contributed by atoms with Crippen LogP contribution in [0.4, 0.5) is 0 Å². The molecule has 0 aliphatic heterocycles. The molecule has 254 valence electrons. The number of rotatable bonds is 18. The van der Waals surface area contributed by atoms with Crippen molar-refractivity contribution in [3.05, 3.63) is 71.8 Å². The average Bonchev–Trinajstić information content (AvgIpc) is 3.79. The normalized spacial score (nSPS) is 14.0. The summed E-state index contributed by atoms with van der Waals surface area (Å²) in [6.07, 6.45) is 18.9. The Bertz CT molecular complexity index is 1470. The van der Waals surface area contributed by atoms with Gasteiger partial charge in [0.2, 0.25) is 0 Å². The molecule has 0 saturated heterocycles.